The summed E-state index contributed by atoms with van der Waals surface area (Å²) in [5.41, 5.74) is 3.79. The summed E-state index contributed by atoms with van der Waals surface area (Å²) >= 11 is 0. The molecule has 4 heterocycles. The second kappa shape index (κ2) is 8.92. The van der Waals surface area contributed by atoms with Gasteiger partial charge in [-0.3, -0.25) is 24.3 Å². The minimum Gasteiger partial charge on any atom is -0.453 e. The van der Waals surface area contributed by atoms with Crippen molar-refractivity contribution < 1.29 is 19.1 Å². The van der Waals surface area contributed by atoms with Crippen LogP contribution >= 0.6 is 0 Å². The first-order valence-electron chi connectivity index (χ1n) is 11.6. The van der Waals surface area contributed by atoms with Gasteiger partial charge in [0.2, 0.25) is 11.8 Å². The van der Waals surface area contributed by atoms with Gasteiger partial charge in [0.25, 0.3) is 0 Å². The van der Waals surface area contributed by atoms with Gasteiger partial charge in [0.05, 0.1) is 36.5 Å². The molecule has 0 aliphatic carbocycles. The Hall–Kier alpha value is -3.69. The fraction of sp³-hybridized carbons (Fsp3) is 0.458. The van der Waals surface area contributed by atoms with Crippen LogP contribution in [-0.4, -0.2) is 62.6 Å². The molecule has 1 atom stereocenters. The van der Waals surface area contributed by atoms with E-state index < -0.39 is 5.92 Å². The monoisotopic (exact) mass is 464 g/mol. The largest absolute Gasteiger partial charge is 0.453 e. The van der Waals surface area contributed by atoms with Crippen molar-refractivity contribution in [1.29, 1.82) is 0 Å². The molecule has 3 aromatic rings. The van der Waals surface area contributed by atoms with Crippen LogP contribution in [0, 0.1) is 0 Å². The van der Waals surface area contributed by atoms with Crippen LogP contribution in [0.3, 0.4) is 0 Å². The molecular weight excluding hydrogens is 436 g/mol. The minimum atomic E-state index is -0.411. The van der Waals surface area contributed by atoms with Crippen molar-refractivity contribution in [2.45, 2.75) is 44.1 Å². The number of hydrogen-bond acceptors (Lipinski definition) is 6. The SMILES string of the molecule is COC(=O)N1CCC(c2ccn(Cc3ccc4c(C5CCC(=O)NC5=O)nn(C)c4c3)n2)CC1. The normalized spacial score (nSPS) is 19.5. The number of imide groups is 1. The molecular formula is C24H28N6O4. The fourth-order valence-electron chi connectivity index (χ4n) is 5.00. The first-order valence-corrected chi connectivity index (χ1v) is 11.6. The number of aromatic nitrogens is 4. The van der Waals surface area contributed by atoms with Gasteiger partial charge in [-0.15, -0.1) is 0 Å². The number of benzene rings is 1. The maximum atomic E-state index is 12.3. The molecule has 5 rings (SSSR count). The van der Waals surface area contributed by atoms with E-state index in [2.05, 4.69) is 22.5 Å². The van der Waals surface area contributed by atoms with Gasteiger partial charge in [0, 0.05) is 44.1 Å². The average Bonchev–Trinajstić information content (AvgIpc) is 3.43. The van der Waals surface area contributed by atoms with E-state index in [1.54, 1.807) is 9.58 Å². The summed E-state index contributed by atoms with van der Waals surface area (Å²) in [4.78, 5) is 37.3. The van der Waals surface area contributed by atoms with Crippen LogP contribution in [0.5, 0.6) is 0 Å². The summed E-state index contributed by atoms with van der Waals surface area (Å²) in [7, 11) is 3.28. The summed E-state index contributed by atoms with van der Waals surface area (Å²) in [6, 6.07) is 8.18. The molecule has 0 spiro atoms. The molecule has 10 nitrogen and oxygen atoms in total. The van der Waals surface area contributed by atoms with E-state index >= 15 is 0 Å². The van der Waals surface area contributed by atoms with Crippen molar-refractivity contribution in [2.24, 2.45) is 7.05 Å². The highest BCUT2D eigenvalue weighted by Gasteiger charge is 2.31. The van der Waals surface area contributed by atoms with E-state index in [4.69, 9.17) is 9.84 Å². The third kappa shape index (κ3) is 4.15. The number of amides is 3. The Bertz CT molecular complexity index is 1250. The summed E-state index contributed by atoms with van der Waals surface area (Å²) < 4.78 is 8.54. The van der Waals surface area contributed by atoms with Gasteiger partial charge in [-0.2, -0.15) is 10.2 Å². The number of hydrogen-bond donors (Lipinski definition) is 1. The molecule has 2 fully saturated rings. The second-order valence-corrected chi connectivity index (χ2v) is 9.03. The molecule has 0 radical (unpaired) electrons. The first-order chi connectivity index (χ1) is 16.4. The molecule has 34 heavy (non-hydrogen) atoms. The van der Waals surface area contributed by atoms with Crippen molar-refractivity contribution in [1.82, 2.24) is 29.8 Å². The lowest BCUT2D eigenvalue weighted by atomic mass is 9.92. The van der Waals surface area contributed by atoms with Gasteiger partial charge in [-0.1, -0.05) is 12.1 Å². The van der Waals surface area contributed by atoms with Crippen LogP contribution in [0.15, 0.2) is 30.5 Å². The summed E-state index contributed by atoms with van der Waals surface area (Å²) in [6.45, 7) is 1.98. The van der Waals surface area contributed by atoms with Crippen LogP contribution in [-0.2, 0) is 27.9 Å². The van der Waals surface area contributed by atoms with Crippen LogP contribution in [0.2, 0.25) is 0 Å². The van der Waals surface area contributed by atoms with E-state index in [0.29, 0.717) is 44.1 Å². The highest BCUT2D eigenvalue weighted by Crippen LogP contribution is 2.31. The van der Waals surface area contributed by atoms with E-state index in [0.717, 1.165) is 35.0 Å². The highest BCUT2D eigenvalue weighted by atomic mass is 16.5. The molecule has 178 valence electrons. The smallest absolute Gasteiger partial charge is 0.409 e. The Morgan fingerprint density at radius 1 is 1.15 bits per heavy atom. The molecule has 1 aromatic carbocycles. The maximum absolute atomic E-state index is 12.3. The molecule has 0 bridgehead atoms. The minimum absolute atomic E-state index is 0.226. The number of carbonyl (C=O) groups excluding carboxylic acids is 3. The molecule has 2 aromatic heterocycles. The van der Waals surface area contributed by atoms with Crippen molar-refractivity contribution in [3.63, 3.8) is 0 Å². The zero-order valence-corrected chi connectivity index (χ0v) is 19.4. The number of nitrogens with zero attached hydrogens (tertiary/aromatic N) is 5. The lowest BCUT2D eigenvalue weighted by molar-refractivity contribution is -0.134. The van der Waals surface area contributed by atoms with Gasteiger partial charge in [0.15, 0.2) is 0 Å². The van der Waals surface area contributed by atoms with Gasteiger partial charge in [0.1, 0.15) is 0 Å². The number of rotatable bonds is 4. The number of piperidine rings is 2. The highest BCUT2D eigenvalue weighted by molar-refractivity contribution is 6.02. The van der Waals surface area contributed by atoms with Crippen molar-refractivity contribution in [3.05, 3.63) is 47.4 Å². The van der Waals surface area contributed by atoms with Crippen molar-refractivity contribution in [3.8, 4) is 0 Å². The van der Waals surface area contributed by atoms with E-state index in [-0.39, 0.29) is 17.9 Å². The number of ether oxygens (including phenoxy) is 1. The van der Waals surface area contributed by atoms with Crippen LogP contribution in [0.4, 0.5) is 4.79 Å². The first kappa shape index (κ1) is 22.1. The predicted molar refractivity (Wildman–Crippen MR) is 123 cm³/mol. The molecule has 3 amide bonds. The Labute approximate surface area is 196 Å². The lowest BCUT2D eigenvalue weighted by Gasteiger charge is -2.30. The van der Waals surface area contributed by atoms with E-state index in [9.17, 15) is 14.4 Å². The summed E-state index contributed by atoms with van der Waals surface area (Å²) in [5.74, 6) is -0.581. The molecule has 2 saturated heterocycles. The maximum Gasteiger partial charge on any atom is 0.409 e. The van der Waals surface area contributed by atoms with Crippen LogP contribution in [0.1, 0.15) is 54.5 Å². The van der Waals surface area contributed by atoms with Crippen molar-refractivity contribution in [2.75, 3.05) is 20.2 Å². The number of carbonyl (C=O) groups is 3. The Morgan fingerprint density at radius 2 is 1.94 bits per heavy atom. The van der Waals surface area contributed by atoms with Crippen LogP contribution < -0.4 is 5.32 Å². The Kier molecular flexibility index (Phi) is 5.80. The van der Waals surface area contributed by atoms with Gasteiger partial charge >= 0.3 is 6.09 Å². The Balaban J connectivity index is 1.29. The number of methoxy groups -OCH3 is 1. The summed E-state index contributed by atoms with van der Waals surface area (Å²) in [6.07, 6.45) is 4.27. The molecule has 2 aliphatic heterocycles. The quantitative estimate of drug-likeness (QED) is 0.593. The number of likely N-dealkylation sites (tertiary alicyclic amines) is 1. The van der Waals surface area contributed by atoms with Gasteiger partial charge in [-0.05, 0) is 37.0 Å². The number of aryl methyl sites for hydroxylation is 1. The van der Waals surface area contributed by atoms with Crippen molar-refractivity contribution >= 4 is 28.8 Å². The third-order valence-electron chi connectivity index (χ3n) is 6.87. The van der Waals surface area contributed by atoms with E-state index in [1.807, 2.05) is 30.1 Å². The average molecular weight is 465 g/mol. The lowest BCUT2D eigenvalue weighted by Crippen LogP contribution is -2.39. The fourth-order valence-corrected chi connectivity index (χ4v) is 5.00. The third-order valence-corrected chi connectivity index (χ3v) is 6.87. The Morgan fingerprint density at radius 3 is 2.68 bits per heavy atom. The molecule has 10 heteroatoms. The topological polar surface area (TPSA) is 111 Å². The number of nitrogens with one attached hydrogen (secondary N) is 1. The second-order valence-electron chi connectivity index (χ2n) is 9.03. The van der Waals surface area contributed by atoms with Crippen LogP contribution in [0.25, 0.3) is 10.9 Å². The molecule has 1 N–H and O–H groups in total. The zero-order chi connectivity index (χ0) is 23.8. The standard InChI is InChI=1S/C24H28N6O4/c1-28-20-13-15(3-4-17(20)22(27-28)18-5-6-21(31)25-23(18)32)14-30-12-9-19(26-30)16-7-10-29(11-8-16)24(33)34-2/h3-4,9,12-13,16,18H,5-8,10-11,14H2,1-2H3,(H,25,31,32). The van der Waals surface area contributed by atoms with Gasteiger partial charge in [-0.25, -0.2) is 4.79 Å². The molecule has 1 unspecified atom stereocenters. The number of fused-ring (bicyclic) bond motifs is 1. The zero-order valence-electron chi connectivity index (χ0n) is 19.4. The van der Waals surface area contributed by atoms with Gasteiger partial charge < -0.3 is 9.64 Å². The van der Waals surface area contributed by atoms with E-state index in [1.165, 1.54) is 7.11 Å². The summed E-state index contributed by atoms with van der Waals surface area (Å²) in [5, 5.41) is 12.8. The molecule has 0 saturated carbocycles. The predicted octanol–water partition coefficient (Wildman–Crippen LogP) is 2.28. The molecule has 2 aliphatic rings.